The molecule has 0 amide bonds. The molecule has 0 aliphatic rings. The lowest BCUT2D eigenvalue weighted by molar-refractivity contribution is 0.0318. The largest absolute Gasteiger partial charge is 0.496 e. The fourth-order valence-electron chi connectivity index (χ4n) is 2.98. The van der Waals surface area contributed by atoms with Crippen LogP contribution in [0, 0.1) is 19.8 Å². The zero-order valence-electron chi connectivity index (χ0n) is 14.6. The Morgan fingerprint density at radius 2 is 1.81 bits per heavy atom. The van der Waals surface area contributed by atoms with E-state index >= 15 is 0 Å². The maximum absolute atomic E-state index is 5.79. The van der Waals surface area contributed by atoms with E-state index in [9.17, 15) is 0 Å². The minimum Gasteiger partial charge on any atom is -0.496 e. The van der Waals surface area contributed by atoms with Gasteiger partial charge >= 0.3 is 0 Å². The van der Waals surface area contributed by atoms with Crippen LogP contribution in [-0.2, 0) is 4.74 Å². The summed E-state index contributed by atoms with van der Waals surface area (Å²) in [5, 5.41) is 3.65. The van der Waals surface area contributed by atoms with Gasteiger partial charge in [-0.1, -0.05) is 26.8 Å². The highest BCUT2D eigenvalue weighted by molar-refractivity contribution is 5.45. The number of ether oxygens (including phenoxy) is 2. The van der Waals surface area contributed by atoms with Crippen LogP contribution in [0.1, 0.15) is 49.9 Å². The molecule has 0 bridgehead atoms. The molecule has 1 aromatic carbocycles. The summed E-state index contributed by atoms with van der Waals surface area (Å²) in [5.41, 5.74) is 3.70. The maximum Gasteiger partial charge on any atom is 0.124 e. The van der Waals surface area contributed by atoms with Gasteiger partial charge in [0.25, 0.3) is 0 Å². The number of hydrogen-bond acceptors (Lipinski definition) is 3. The lowest BCUT2D eigenvalue weighted by Crippen LogP contribution is -2.37. The predicted molar refractivity (Wildman–Crippen MR) is 89.1 cm³/mol. The topological polar surface area (TPSA) is 30.5 Å². The molecule has 1 N–H and O–H groups in total. The molecule has 0 aliphatic heterocycles. The smallest absolute Gasteiger partial charge is 0.124 e. The molecule has 2 unspecified atom stereocenters. The Labute approximate surface area is 130 Å². The third kappa shape index (κ3) is 4.45. The van der Waals surface area contributed by atoms with Gasteiger partial charge in [0.05, 0.1) is 19.3 Å². The summed E-state index contributed by atoms with van der Waals surface area (Å²) in [6.45, 7) is 11.8. The van der Waals surface area contributed by atoms with Crippen molar-refractivity contribution in [3.8, 4) is 5.75 Å². The zero-order valence-corrected chi connectivity index (χ0v) is 14.6. The normalized spacial score (nSPS) is 14.3. The molecule has 120 valence electrons. The SMILES string of the molecule is CCCNC(c1c(C)cc(C)cc1OC)C(OC)C(C)C. The number of aryl methyl sites for hydroxylation is 2. The molecular formula is C18H31NO2. The third-order valence-corrected chi connectivity index (χ3v) is 3.90. The van der Waals surface area contributed by atoms with Crippen LogP contribution < -0.4 is 10.1 Å². The zero-order chi connectivity index (χ0) is 16.0. The molecule has 0 saturated heterocycles. The van der Waals surface area contributed by atoms with E-state index in [0.29, 0.717) is 5.92 Å². The first kappa shape index (κ1) is 18.0. The van der Waals surface area contributed by atoms with Crippen molar-refractivity contribution in [3.63, 3.8) is 0 Å². The van der Waals surface area contributed by atoms with Crippen molar-refractivity contribution in [2.45, 2.75) is 53.2 Å². The van der Waals surface area contributed by atoms with Gasteiger partial charge in [0.1, 0.15) is 5.75 Å². The van der Waals surface area contributed by atoms with Crippen molar-refractivity contribution in [2.24, 2.45) is 5.92 Å². The maximum atomic E-state index is 5.79. The van der Waals surface area contributed by atoms with Gasteiger partial charge in [-0.15, -0.1) is 0 Å². The third-order valence-electron chi connectivity index (χ3n) is 3.90. The molecule has 0 heterocycles. The fraction of sp³-hybridized carbons (Fsp3) is 0.667. The summed E-state index contributed by atoms with van der Waals surface area (Å²) in [6.07, 6.45) is 1.21. The molecule has 0 fully saturated rings. The monoisotopic (exact) mass is 293 g/mol. The average Bonchev–Trinajstić information content (AvgIpc) is 2.42. The van der Waals surface area contributed by atoms with E-state index < -0.39 is 0 Å². The average molecular weight is 293 g/mol. The Morgan fingerprint density at radius 3 is 2.29 bits per heavy atom. The van der Waals surface area contributed by atoms with Gasteiger partial charge in [-0.3, -0.25) is 0 Å². The molecule has 0 aromatic heterocycles. The molecular weight excluding hydrogens is 262 g/mol. The number of benzene rings is 1. The van der Waals surface area contributed by atoms with Crippen LogP contribution in [-0.4, -0.2) is 26.9 Å². The van der Waals surface area contributed by atoms with E-state index in [1.54, 1.807) is 14.2 Å². The molecule has 0 spiro atoms. The number of hydrogen-bond donors (Lipinski definition) is 1. The Morgan fingerprint density at radius 1 is 1.14 bits per heavy atom. The first-order chi connectivity index (χ1) is 9.96. The van der Waals surface area contributed by atoms with E-state index in [1.807, 2.05) is 0 Å². The molecule has 3 heteroatoms. The highest BCUT2D eigenvalue weighted by Crippen LogP contribution is 2.34. The summed E-state index contributed by atoms with van der Waals surface area (Å²) in [6, 6.07) is 4.46. The van der Waals surface area contributed by atoms with Crippen molar-refractivity contribution in [1.29, 1.82) is 0 Å². The predicted octanol–water partition coefficient (Wildman–Crippen LogP) is 4.02. The second-order valence-electron chi connectivity index (χ2n) is 6.07. The van der Waals surface area contributed by atoms with Crippen molar-refractivity contribution >= 4 is 0 Å². The molecule has 0 aliphatic carbocycles. The van der Waals surface area contributed by atoms with Crippen molar-refractivity contribution in [2.75, 3.05) is 20.8 Å². The Kier molecular flexibility index (Phi) is 7.20. The fourth-order valence-corrected chi connectivity index (χ4v) is 2.98. The number of methoxy groups -OCH3 is 2. The minimum absolute atomic E-state index is 0.117. The highest BCUT2D eigenvalue weighted by atomic mass is 16.5. The lowest BCUT2D eigenvalue weighted by Gasteiger charge is -2.32. The summed E-state index contributed by atoms with van der Waals surface area (Å²) in [4.78, 5) is 0. The van der Waals surface area contributed by atoms with Crippen LogP contribution in [0.3, 0.4) is 0 Å². The Balaban J connectivity index is 3.31. The van der Waals surface area contributed by atoms with Gasteiger partial charge in [0.15, 0.2) is 0 Å². The molecule has 1 aromatic rings. The van der Waals surface area contributed by atoms with Crippen LogP contribution in [0.5, 0.6) is 5.75 Å². The van der Waals surface area contributed by atoms with Gasteiger partial charge in [-0.25, -0.2) is 0 Å². The molecule has 0 saturated carbocycles. The minimum atomic E-state index is 0.117. The van der Waals surface area contributed by atoms with Crippen LogP contribution >= 0.6 is 0 Å². The van der Waals surface area contributed by atoms with Gasteiger partial charge < -0.3 is 14.8 Å². The van der Waals surface area contributed by atoms with Crippen LogP contribution in [0.4, 0.5) is 0 Å². The second-order valence-corrected chi connectivity index (χ2v) is 6.07. The summed E-state index contributed by atoms with van der Waals surface area (Å²) in [5.74, 6) is 1.37. The van der Waals surface area contributed by atoms with Gasteiger partial charge in [-0.05, 0) is 49.9 Å². The van der Waals surface area contributed by atoms with E-state index in [4.69, 9.17) is 9.47 Å². The molecule has 0 radical (unpaired) electrons. The van der Waals surface area contributed by atoms with Crippen LogP contribution in [0.25, 0.3) is 0 Å². The van der Waals surface area contributed by atoms with E-state index in [2.05, 4.69) is 52.1 Å². The number of rotatable bonds is 8. The molecule has 3 nitrogen and oxygen atoms in total. The van der Waals surface area contributed by atoms with Gasteiger partial charge in [0.2, 0.25) is 0 Å². The Bertz CT molecular complexity index is 443. The molecule has 1 rings (SSSR count). The van der Waals surface area contributed by atoms with E-state index in [0.717, 1.165) is 18.7 Å². The quantitative estimate of drug-likeness (QED) is 0.785. The first-order valence-corrected chi connectivity index (χ1v) is 7.87. The number of nitrogens with one attached hydrogen (secondary N) is 1. The standard InChI is InChI=1S/C18H31NO2/c1-8-9-19-17(18(21-7)12(2)3)16-14(5)10-13(4)11-15(16)20-6/h10-12,17-19H,8-9H2,1-7H3. The first-order valence-electron chi connectivity index (χ1n) is 7.87. The van der Waals surface area contributed by atoms with Crippen LogP contribution in [0.15, 0.2) is 12.1 Å². The van der Waals surface area contributed by atoms with E-state index in [1.165, 1.54) is 16.7 Å². The lowest BCUT2D eigenvalue weighted by atomic mass is 9.89. The molecule has 2 atom stereocenters. The summed E-state index contributed by atoms with van der Waals surface area (Å²) in [7, 11) is 3.53. The Hall–Kier alpha value is -1.06. The van der Waals surface area contributed by atoms with Crippen molar-refractivity contribution in [1.82, 2.24) is 5.32 Å². The molecule has 21 heavy (non-hydrogen) atoms. The van der Waals surface area contributed by atoms with Crippen LogP contribution in [0.2, 0.25) is 0 Å². The van der Waals surface area contributed by atoms with E-state index in [-0.39, 0.29) is 12.1 Å². The highest BCUT2D eigenvalue weighted by Gasteiger charge is 2.29. The summed E-state index contributed by atoms with van der Waals surface area (Å²) >= 11 is 0. The second kappa shape index (κ2) is 8.40. The summed E-state index contributed by atoms with van der Waals surface area (Å²) < 4.78 is 11.4. The van der Waals surface area contributed by atoms with Gasteiger partial charge in [-0.2, -0.15) is 0 Å². The van der Waals surface area contributed by atoms with Gasteiger partial charge in [0, 0.05) is 12.7 Å². The van der Waals surface area contributed by atoms with Crippen molar-refractivity contribution in [3.05, 3.63) is 28.8 Å². The van der Waals surface area contributed by atoms with Crippen molar-refractivity contribution < 1.29 is 9.47 Å².